The Morgan fingerprint density at radius 1 is 1.38 bits per heavy atom. The van der Waals surface area contributed by atoms with Crippen molar-refractivity contribution in [3.63, 3.8) is 0 Å². The number of sulfonamides is 1. The first kappa shape index (κ1) is 12.3. The first-order valence-corrected chi connectivity index (χ1v) is 6.13. The summed E-state index contributed by atoms with van der Waals surface area (Å²) in [6.07, 6.45) is -0.442. The molecule has 4 N–H and O–H groups in total. The molecule has 0 heterocycles. The Morgan fingerprint density at radius 3 is 2.56 bits per heavy atom. The number of nitrogens with two attached hydrogens (primary N) is 1. The minimum absolute atomic E-state index is 0.257. The van der Waals surface area contributed by atoms with Gasteiger partial charge in [-0.3, -0.25) is 9.52 Å². The molecule has 0 fully saturated rings. The van der Waals surface area contributed by atoms with Crippen molar-refractivity contribution in [2.75, 3.05) is 16.2 Å². The summed E-state index contributed by atoms with van der Waals surface area (Å²) in [5, 5.41) is 8.38. The van der Waals surface area contributed by atoms with Crippen LogP contribution in [0.5, 0.6) is 0 Å². The second-order valence-corrected chi connectivity index (χ2v) is 4.99. The number of aliphatic carboxylic acids is 1. The van der Waals surface area contributed by atoms with Crippen molar-refractivity contribution in [2.45, 2.75) is 6.42 Å². The van der Waals surface area contributed by atoms with Crippen LogP contribution in [0.15, 0.2) is 24.3 Å². The maximum Gasteiger partial charge on any atom is 0.304 e. The molecule has 0 aromatic heterocycles. The number of benzene rings is 1. The van der Waals surface area contributed by atoms with Gasteiger partial charge in [-0.05, 0) is 12.1 Å². The molecule has 7 heteroatoms. The highest BCUT2D eigenvalue weighted by Gasteiger charge is 2.13. The van der Waals surface area contributed by atoms with E-state index in [4.69, 9.17) is 10.8 Å². The summed E-state index contributed by atoms with van der Waals surface area (Å²) in [4.78, 5) is 10.2. The van der Waals surface area contributed by atoms with Crippen molar-refractivity contribution in [1.29, 1.82) is 0 Å². The topological polar surface area (TPSA) is 109 Å². The van der Waals surface area contributed by atoms with Gasteiger partial charge in [0.1, 0.15) is 0 Å². The molecule has 0 bridgehead atoms. The number of nitrogen functional groups attached to an aromatic ring is 1. The second-order valence-electron chi connectivity index (χ2n) is 3.15. The van der Waals surface area contributed by atoms with Crippen molar-refractivity contribution in [3.8, 4) is 0 Å². The van der Waals surface area contributed by atoms with Crippen molar-refractivity contribution >= 4 is 27.4 Å². The van der Waals surface area contributed by atoms with Crippen LogP contribution in [0.1, 0.15) is 6.42 Å². The molecule has 0 saturated heterocycles. The molecule has 1 aromatic rings. The fourth-order valence-corrected chi connectivity index (χ4v) is 2.10. The zero-order valence-electron chi connectivity index (χ0n) is 8.38. The quantitative estimate of drug-likeness (QED) is 0.653. The Kier molecular flexibility index (Phi) is 3.73. The van der Waals surface area contributed by atoms with Gasteiger partial charge in [0.2, 0.25) is 10.0 Å². The summed E-state index contributed by atoms with van der Waals surface area (Å²) in [5.41, 5.74) is 6.09. The predicted octanol–water partition coefficient (Wildman–Crippen LogP) is 0.485. The summed E-state index contributed by atoms with van der Waals surface area (Å²) in [5.74, 6) is -1.64. The number of anilines is 2. The fourth-order valence-electron chi connectivity index (χ4n) is 1.03. The van der Waals surface area contributed by atoms with E-state index in [2.05, 4.69) is 4.72 Å². The van der Waals surface area contributed by atoms with E-state index in [0.29, 0.717) is 5.69 Å². The standard InChI is InChI=1S/C9H12N2O4S/c10-7-3-1-2-4-8(7)11-16(14,15)6-5-9(12)13/h1-4,11H,5-6,10H2,(H,12,13). The molecule has 0 radical (unpaired) electrons. The van der Waals surface area contributed by atoms with E-state index in [1.807, 2.05) is 0 Å². The largest absolute Gasteiger partial charge is 0.481 e. The summed E-state index contributed by atoms with van der Waals surface area (Å²) >= 11 is 0. The maximum atomic E-state index is 11.4. The SMILES string of the molecule is Nc1ccccc1NS(=O)(=O)CCC(=O)O. The lowest BCUT2D eigenvalue weighted by molar-refractivity contribution is -0.136. The Labute approximate surface area is 93.1 Å². The first-order chi connectivity index (χ1) is 7.41. The molecule has 0 unspecified atom stereocenters. The fraction of sp³-hybridized carbons (Fsp3) is 0.222. The van der Waals surface area contributed by atoms with Gasteiger partial charge in [0, 0.05) is 0 Å². The second kappa shape index (κ2) is 4.84. The molecule has 0 saturated carbocycles. The van der Waals surface area contributed by atoms with Crippen molar-refractivity contribution < 1.29 is 18.3 Å². The van der Waals surface area contributed by atoms with Gasteiger partial charge >= 0.3 is 5.97 Å². The molecule has 1 rings (SSSR count). The van der Waals surface area contributed by atoms with E-state index in [1.54, 1.807) is 18.2 Å². The first-order valence-electron chi connectivity index (χ1n) is 4.47. The van der Waals surface area contributed by atoms with Crippen LogP contribution >= 0.6 is 0 Å². The Balaban J connectivity index is 2.73. The highest BCUT2D eigenvalue weighted by atomic mass is 32.2. The van der Waals surface area contributed by atoms with Gasteiger partial charge in [0.05, 0.1) is 23.5 Å². The van der Waals surface area contributed by atoms with Crippen molar-refractivity contribution in [3.05, 3.63) is 24.3 Å². The van der Waals surface area contributed by atoms with E-state index < -0.39 is 28.2 Å². The minimum atomic E-state index is -3.66. The van der Waals surface area contributed by atoms with Crippen LogP contribution in [0.3, 0.4) is 0 Å². The molecule has 0 aliphatic rings. The number of carbonyl (C=O) groups is 1. The molecular formula is C9H12N2O4S. The summed E-state index contributed by atoms with van der Waals surface area (Å²) in [7, 11) is -3.66. The summed E-state index contributed by atoms with van der Waals surface area (Å²) < 4.78 is 25.1. The third kappa shape index (κ3) is 3.77. The summed E-state index contributed by atoms with van der Waals surface area (Å²) in [6.45, 7) is 0. The van der Waals surface area contributed by atoms with E-state index in [1.165, 1.54) is 6.07 Å². The smallest absolute Gasteiger partial charge is 0.304 e. The van der Waals surface area contributed by atoms with Crippen LogP contribution in [-0.2, 0) is 14.8 Å². The number of para-hydroxylation sites is 2. The van der Waals surface area contributed by atoms with Gasteiger partial charge in [-0.25, -0.2) is 8.42 Å². The molecule has 0 aliphatic heterocycles. The van der Waals surface area contributed by atoms with Crippen LogP contribution < -0.4 is 10.5 Å². The molecule has 1 aromatic carbocycles. The van der Waals surface area contributed by atoms with Crippen LogP contribution in [0.2, 0.25) is 0 Å². The minimum Gasteiger partial charge on any atom is -0.481 e. The van der Waals surface area contributed by atoms with Crippen molar-refractivity contribution in [2.24, 2.45) is 0 Å². The third-order valence-corrected chi connectivity index (χ3v) is 3.08. The number of carboxylic acid groups (broad SMARTS) is 1. The van der Waals surface area contributed by atoms with Gasteiger partial charge in [0.25, 0.3) is 0 Å². The molecule has 88 valence electrons. The number of carboxylic acids is 1. The molecule has 0 atom stereocenters. The van der Waals surface area contributed by atoms with Crippen LogP contribution in [0.25, 0.3) is 0 Å². The Bertz CT molecular complexity index is 484. The molecule has 0 aliphatic carbocycles. The molecule has 16 heavy (non-hydrogen) atoms. The highest BCUT2D eigenvalue weighted by molar-refractivity contribution is 7.92. The average Bonchev–Trinajstić information content (AvgIpc) is 2.19. The molecule has 0 spiro atoms. The number of nitrogens with one attached hydrogen (secondary N) is 1. The summed E-state index contributed by atoms with van der Waals surface area (Å²) in [6, 6.07) is 6.36. The van der Waals surface area contributed by atoms with Crippen molar-refractivity contribution in [1.82, 2.24) is 0 Å². The highest BCUT2D eigenvalue weighted by Crippen LogP contribution is 2.18. The van der Waals surface area contributed by atoms with E-state index in [-0.39, 0.29) is 5.69 Å². The monoisotopic (exact) mass is 244 g/mol. The van der Waals surface area contributed by atoms with Gasteiger partial charge in [0.15, 0.2) is 0 Å². The van der Waals surface area contributed by atoms with Crippen LogP contribution in [0, 0.1) is 0 Å². The third-order valence-electron chi connectivity index (χ3n) is 1.81. The van der Waals surface area contributed by atoms with Gasteiger partial charge in [-0.1, -0.05) is 12.1 Å². The van der Waals surface area contributed by atoms with E-state index in [0.717, 1.165) is 0 Å². The molecular weight excluding hydrogens is 232 g/mol. The van der Waals surface area contributed by atoms with Gasteiger partial charge < -0.3 is 10.8 Å². The maximum absolute atomic E-state index is 11.4. The van der Waals surface area contributed by atoms with Crippen LogP contribution in [-0.4, -0.2) is 25.2 Å². The van der Waals surface area contributed by atoms with Gasteiger partial charge in [-0.15, -0.1) is 0 Å². The van der Waals surface area contributed by atoms with Crippen LogP contribution in [0.4, 0.5) is 11.4 Å². The predicted molar refractivity (Wildman–Crippen MR) is 60.5 cm³/mol. The average molecular weight is 244 g/mol. The number of rotatable bonds is 5. The van der Waals surface area contributed by atoms with Gasteiger partial charge in [-0.2, -0.15) is 0 Å². The lowest BCUT2D eigenvalue weighted by atomic mass is 10.3. The lowest BCUT2D eigenvalue weighted by Crippen LogP contribution is -2.19. The Hall–Kier alpha value is -1.76. The number of hydrogen-bond donors (Lipinski definition) is 3. The molecule has 6 nitrogen and oxygen atoms in total. The van der Waals surface area contributed by atoms with E-state index in [9.17, 15) is 13.2 Å². The molecule has 0 amide bonds. The zero-order chi connectivity index (χ0) is 12.2. The number of hydrogen-bond acceptors (Lipinski definition) is 4. The van der Waals surface area contributed by atoms with E-state index >= 15 is 0 Å². The Morgan fingerprint density at radius 2 is 2.00 bits per heavy atom. The zero-order valence-corrected chi connectivity index (χ0v) is 9.20. The normalized spacial score (nSPS) is 11.0. The lowest BCUT2D eigenvalue weighted by Gasteiger charge is -2.08.